The van der Waals surface area contributed by atoms with Crippen LogP contribution in [0, 0.1) is 11.8 Å². The Morgan fingerprint density at radius 2 is 1.43 bits per heavy atom. The number of carboxylic acids is 3. The predicted octanol–water partition coefficient (Wildman–Crippen LogP) is 1.68. The largest absolute Gasteiger partial charge is 0.480 e. The van der Waals surface area contributed by atoms with E-state index in [-0.39, 0.29) is 12.5 Å². The highest BCUT2D eigenvalue weighted by Crippen LogP contribution is 2.03. The SMILES string of the molecule is CC(C)C(N)C(=O)O.CC(C)CC(N)C(=O)O.O=C(O)CNc1ccccc1. The highest BCUT2D eigenvalue weighted by Gasteiger charge is 2.14. The molecule has 0 amide bonds. The molecule has 0 aliphatic heterocycles. The number of carbonyl (C=O) groups is 3. The van der Waals surface area contributed by atoms with E-state index in [1.165, 1.54) is 0 Å². The van der Waals surface area contributed by atoms with E-state index in [1.807, 2.05) is 44.2 Å². The molecule has 0 saturated heterocycles. The van der Waals surface area contributed by atoms with Crippen LogP contribution in [-0.4, -0.2) is 51.9 Å². The summed E-state index contributed by atoms with van der Waals surface area (Å²) in [6, 6.07) is 7.83. The van der Waals surface area contributed by atoms with E-state index in [9.17, 15) is 14.4 Å². The molecule has 0 aromatic heterocycles. The number of anilines is 1. The summed E-state index contributed by atoms with van der Waals surface area (Å²) >= 11 is 0. The lowest BCUT2D eigenvalue weighted by molar-refractivity contribution is -0.140. The van der Waals surface area contributed by atoms with Crippen molar-refractivity contribution in [3.63, 3.8) is 0 Å². The van der Waals surface area contributed by atoms with Gasteiger partial charge in [-0.15, -0.1) is 0 Å². The van der Waals surface area contributed by atoms with Gasteiger partial charge in [0, 0.05) is 5.69 Å². The number of nitrogens with one attached hydrogen (secondary N) is 1. The van der Waals surface area contributed by atoms with Crippen LogP contribution in [-0.2, 0) is 14.4 Å². The second-order valence-electron chi connectivity index (χ2n) is 6.80. The zero-order valence-corrected chi connectivity index (χ0v) is 16.8. The maximum atomic E-state index is 10.1. The lowest BCUT2D eigenvalue weighted by atomic mass is 10.1. The monoisotopic (exact) mass is 399 g/mol. The average Bonchev–Trinajstić information content (AvgIpc) is 2.60. The molecule has 0 saturated carbocycles. The molecule has 2 atom stereocenters. The van der Waals surface area contributed by atoms with Crippen LogP contribution in [0.25, 0.3) is 0 Å². The third-order valence-electron chi connectivity index (χ3n) is 3.26. The maximum Gasteiger partial charge on any atom is 0.322 e. The standard InChI is InChI=1S/C8H9NO2.C6H13NO2.C5H11NO2/c10-8(11)6-9-7-4-2-1-3-5-7;1-4(2)3-5(7)6(8)9;1-3(2)4(6)5(7)8/h1-5,9H,6H2,(H,10,11);4-5H,3,7H2,1-2H3,(H,8,9);3-4H,6H2,1-2H3,(H,7,8). The summed E-state index contributed by atoms with van der Waals surface area (Å²) in [5.41, 5.74) is 11.2. The van der Waals surface area contributed by atoms with Crippen LogP contribution < -0.4 is 16.8 Å². The topological polar surface area (TPSA) is 176 Å². The summed E-state index contributed by atoms with van der Waals surface area (Å²) in [7, 11) is 0. The van der Waals surface area contributed by atoms with Gasteiger partial charge in [0.25, 0.3) is 0 Å². The van der Waals surface area contributed by atoms with E-state index in [0.29, 0.717) is 12.3 Å². The number of benzene rings is 1. The van der Waals surface area contributed by atoms with Gasteiger partial charge in [-0.05, 0) is 30.4 Å². The Hall–Kier alpha value is -2.65. The van der Waals surface area contributed by atoms with Crippen molar-refractivity contribution in [1.82, 2.24) is 0 Å². The molecule has 0 bridgehead atoms. The molecule has 0 aliphatic carbocycles. The van der Waals surface area contributed by atoms with Gasteiger partial charge in [-0.1, -0.05) is 45.9 Å². The van der Waals surface area contributed by atoms with Crippen molar-refractivity contribution in [2.75, 3.05) is 11.9 Å². The number of aliphatic carboxylic acids is 3. The first-order valence-corrected chi connectivity index (χ1v) is 8.85. The smallest absolute Gasteiger partial charge is 0.322 e. The van der Waals surface area contributed by atoms with Gasteiger partial charge in [-0.3, -0.25) is 14.4 Å². The van der Waals surface area contributed by atoms with Crippen LogP contribution in [0.2, 0.25) is 0 Å². The molecule has 28 heavy (non-hydrogen) atoms. The van der Waals surface area contributed by atoms with Crippen molar-refractivity contribution in [1.29, 1.82) is 0 Å². The van der Waals surface area contributed by atoms with Gasteiger partial charge in [0.15, 0.2) is 0 Å². The van der Waals surface area contributed by atoms with Crippen LogP contribution in [0.5, 0.6) is 0 Å². The fraction of sp³-hybridized carbons (Fsp3) is 0.526. The molecule has 0 fully saturated rings. The summed E-state index contributed by atoms with van der Waals surface area (Å²) in [6.45, 7) is 7.41. The Kier molecular flexibility index (Phi) is 15.2. The molecule has 0 radical (unpaired) electrons. The fourth-order valence-corrected chi connectivity index (χ4v) is 1.63. The average molecular weight is 399 g/mol. The van der Waals surface area contributed by atoms with E-state index in [1.54, 1.807) is 13.8 Å². The number of hydrogen-bond donors (Lipinski definition) is 6. The van der Waals surface area contributed by atoms with Crippen LogP contribution in [0.15, 0.2) is 30.3 Å². The molecule has 1 aromatic carbocycles. The van der Waals surface area contributed by atoms with Crippen molar-refractivity contribution >= 4 is 23.6 Å². The van der Waals surface area contributed by atoms with E-state index < -0.39 is 30.0 Å². The highest BCUT2D eigenvalue weighted by molar-refractivity contribution is 5.73. The van der Waals surface area contributed by atoms with Gasteiger partial charge in [0.2, 0.25) is 0 Å². The lowest BCUT2D eigenvalue weighted by Crippen LogP contribution is -2.34. The van der Waals surface area contributed by atoms with E-state index in [2.05, 4.69) is 5.32 Å². The minimum Gasteiger partial charge on any atom is -0.480 e. The minimum atomic E-state index is -0.931. The number of carboxylic acid groups (broad SMARTS) is 3. The maximum absolute atomic E-state index is 10.1. The number of nitrogens with two attached hydrogens (primary N) is 2. The summed E-state index contributed by atoms with van der Waals surface area (Å²) in [5.74, 6) is -2.32. The van der Waals surface area contributed by atoms with Crippen molar-refractivity contribution in [2.45, 2.75) is 46.2 Å². The molecule has 2 unspecified atom stereocenters. The van der Waals surface area contributed by atoms with Crippen molar-refractivity contribution in [3.8, 4) is 0 Å². The second-order valence-corrected chi connectivity index (χ2v) is 6.80. The van der Waals surface area contributed by atoms with Gasteiger partial charge in [0.1, 0.15) is 18.6 Å². The van der Waals surface area contributed by atoms with Crippen molar-refractivity contribution < 1.29 is 29.7 Å². The summed E-state index contributed by atoms with van der Waals surface area (Å²) in [4.78, 5) is 30.2. The molecule has 9 nitrogen and oxygen atoms in total. The molecule has 0 aliphatic rings. The zero-order chi connectivity index (χ0) is 22.3. The number of hydrogen-bond acceptors (Lipinski definition) is 6. The Balaban J connectivity index is 0. The molecule has 8 N–H and O–H groups in total. The van der Waals surface area contributed by atoms with Crippen molar-refractivity contribution in [2.24, 2.45) is 23.3 Å². The van der Waals surface area contributed by atoms with Crippen LogP contribution in [0.1, 0.15) is 34.1 Å². The lowest BCUT2D eigenvalue weighted by Gasteiger charge is -2.07. The third kappa shape index (κ3) is 16.8. The van der Waals surface area contributed by atoms with Gasteiger partial charge in [-0.25, -0.2) is 0 Å². The summed E-state index contributed by atoms with van der Waals surface area (Å²) < 4.78 is 0. The first-order valence-electron chi connectivity index (χ1n) is 8.85. The van der Waals surface area contributed by atoms with Gasteiger partial charge >= 0.3 is 17.9 Å². The summed E-state index contributed by atoms with van der Waals surface area (Å²) in [6.07, 6.45) is 0.551. The highest BCUT2D eigenvalue weighted by atomic mass is 16.4. The Morgan fingerprint density at radius 1 is 0.929 bits per heavy atom. The van der Waals surface area contributed by atoms with E-state index >= 15 is 0 Å². The normalized spacial score (nSPS) is 12.0. The van der Waals surface area contributed by atoms with Crippen LogP contribution in [0.3, 0.4) is 0 Å². The number of rotatable bonds is 8. The quantitative estimate of drug-likeness (QED) is 0.379. The van der Waals surface area contributed by atoms with Crippen LogP contribution >= 0.6 is 0 Å². The van der Waals surface area contributed by atoms with Crippen molar-refractivity contribution in [3.05, 3.63) is 30.3 Å². The predicted molar refractivity (Wildman–Crippen MR) is 108 cm³/mol. The van der Waals surface area contributed by atoms with Crippen LogP contribution in [0.4, 0.5) is 5.69 Å². The molecule has 1 rings (SSSR count). The minimum absolute atomic E-state index is 0.0208. The Labute approximate surface area is 165 Å². The molecular formula is C19H33N3O6. The molecular weight excluding hydrogens is 366 g/mol. The van der Waals surface area contributed by atoms with E-state index in [4.69, 9.17) is 26.8 Å². The molecule has 160 valence electrons. The Bertz CT molecular complexity index is 578. The molecule has 1 aromatic rings. The molecule has 0 spiro atoms. The van der Waals surface area contributed by atoms with Gasteiger partial charge in [-0.2, -0.15) is 0 Å². The summed E-state index contributed by atoms with van der Waals surface area (Å²) in [5, 5.41) is 27.6. The number of para-hydroxylation sites is 1. The fourth-order valence-electron chi connectivity index (χ4n) is 1.63. The first-order chi connectivity index (χ1) is 12.9. The van der Waals surface area contributed by atoms with Gasteiger partial charge in [0.05, 0.1) is 0 Å². The zero-order valence-electron chi connectivity index (χ0n) is 16.8. The Morgan fingerprint density at radius 3 is 1.68 bits per heavy atom. The third-order valence-corrected chi connectivity index (χ3v) is 3.26. The van der Waals surface area contributed by atoms with E-state index in [0.717, 1.165) is 5.69 Å². The second kappa shape index (κ2) is 15.4. The molecule has 9 heteroatoms. The molecule has 0 heterocycles. The van der Waals surface area contributed by atoms with Gasteiger partial charge < -0.3 is 32.1 Å². The first kappa shape index (κ1) is 27.6.